The highest BCUT2D eigenvalue weighted by Gasteiger charge is 2.30. The van der Waals surface area contributed by atoms with E-state index in [0.29, 0.717) is 31.6 Å². The molecule has 0 bridgehead atoms. The number of benzene rings is 2. The summed E-state index contributed by atoms with van der Waals surface area (Å²) in [6.07, 6.45) is 0. The van der Waals surface area contributed by atoms with Crippen LogP contribution in [0.4, 0.5) is 8.78 Å². The molecular formula is C21H20F2N2O2. The Bertz CT molecular complexity index is 968. The van der Waals surface area contributed by atoms with Crippen molar-refractivity contribution >= 4 is 16.9 Å². The molecule has 27 heavy (non-hydrogen) atoms. The largest absolute Gasteiger partial charge is 0.448 e. The van der Waals surface area contributed by atoms with Crippen LogP contribution in [0.25, 0.3) is 11.0 Å². The highest BCUT2D eigenvalue weighted by molar-refractivity contribution is 5.96. The molecule has 0 aliphatic carbocycles. The van der Waals surface area contributed by atoms with Gasteiger partial charge >= 0.3 is 0 Å². The van der Waals surface area contributed by atoms with E-state index in [1.165, 1.54) is 18.2 Å². The quantitative estimate of drug-likeness (QED) is 0.698. The maximum absolute atomic E-state index is 13.8. The second-order valence-electron chi connectivity index (χ2n) is 6.98. The van der Waals surface area contributed by atoms with Crippen molar-refractivity contribution in [1.29, 1.82) is 0 Å². The van der Waals surface area contributed by atoms with Gasteiger partial charge in [-0.1, -0.05) is 24.3 Å². The van der Waals surface area contributed by atoms with Crippen molar-refractivity contribution in [3.05, 3.63) is 71.5 Å². The van der Waals surface area contributed by atoms with E-state index in [4.69, 9.17) is 4.42 Å². The summed E-state index contributed by atoms with van der Waals surface area (Å²) in [6.45, 7) is 4.67. The van der Waals surface area contributed by atoms with E-state index in [1.54, 1.807) is 35.2 Å². The number of carbonyl (C=O) groups is 1. The molecule has 1 unspecified atom stereocenters. The van der Waals surface area contributed by atoms with Crippen molar-refractivity contribution < 1.29 is 18.0 Å². The van der Waals surface area contributed by atoms with E-state index >= 15 is 0 Å². The molecule has 1 amide bonds. The molecule has 140 valence electrons. The minimum absolute atomic E-state index is 0.00948. The predicted octanol–water partition coefficient (Wildman–Crippen LogP) is 4.06. The van der Waals surface area contributed by atoms with Crippen molar-refractivity contribution in [2.75, 3.05) is 19.6 Å². The minimum atomic E-state index is -0.469. The predicted molar refractivity (Wildman–Crippen MR) is 98.3 cm³/mol. The third kappa shape index (κ3) is 3.57. The fraction of sp³-hybridized carbons (Fsp3) is 0.286. The van der Waals surface area contributed by atoms with Gasteiger partial charge in [-0.05, 0) is 36.8 Å². The van der Waals surface area contributed by atoms with E-state index < -0.39 is 5.82 Å². The molecule has 1 aliphatic rings. The molecule has 4 nitrogen and oxygen atoms in total. The number of carbonyl (C=O) groups excluding carboxylic acids is 1. The summed E-state index contributed by atoms with van der Waals surface area (Å²) < 4.78 is 32.3. The SMILES string of the molecule is CC1CN(Cc2ccc(F)cc2)CCN1C(=O)c1cc2cccc(F)c2o1. The number of hydrogen-bond acceptors (Lipinski definition) is 3. The maximum Gasteiger partial charge on any atom is 0.289 e. The average molecular weight is 370 g/mol. The van der Waals surface area contributed by atoms with Crippen molar-refractivity contribution in [3.8, 4) is 0 Å². The fourth-order valence-corrected chi connectivity index (χ4v) is 3.60. The van der Waals surface area contributed by atoms with Gasteiger partial charge in [-0.2, -0.15) is 0 Å². The zero-order chi connectivity index (χ0) is 19.0. The molecule has 0 saturated carbocycles. The van der Waals surface area contributed by atoms with E-state index in [0.717, 1.165) is 5.56 Å². The lowest BCUT2D eigenvalue weighted by Gasteiger charge is -2.39. The van der Waals surface area contributed by atoms with Crippen LogP contribution in [0.2, 0.25) is 0 Å². The van der Waals surface area contributed by atoms with Crippen LogP contribution in [0.3, 0.4) is 0 Å². The van der Waals surface area contributed by atoms with Gasteiger partial charge in [0, 0.05) is 37.6 Å². The average Bonchev–Trinajstić information content (AvgIpc) is 3.09. The lowest BCUT2D eigenvalue weighted by Crippen LogP contribution is -2.53. The highest BCUT2D eigenvalue weighted by atomic mass is 19.1. The van der Waals surface area contributed by atoms with Gasteiger partial charge in [-0.3, -0.25) is 9.69 Å². The van der Waals surface area contributed by atoms with Gasteiger partial charge in [0.1, 0.15) is 5.82 Å². The van der Waals surface area contributed by atoms with Crippen LogP contribution in [0.1, 0.15) is 23.0 Å². The number of furan rings is 1. The second-order valence-corrected chi connectivity index (χ2v) is 6.98. The molecule has 0 spiro atoms. The Morgan fingerprint density at radius 2 is 1.93 bits per heavy atom. The van der Waals surface area contributed by atoms with Gasteiger partial charge in [0.05, 0.1) is 0 Å². The van der Waals surface area contributed by atoms with Crippen LogP contribution < -0.4 is 0 Å². The van der Waals surface area contributed by atoms with Crippen molar-refractivity contribution in [3.63, 3.8) is 0 Å². The molecule has 1 aromatic heterocycles. The molecule has 3 aromatic rings. The van der Waals surface area contributed by atoms with Gasteiger partial charge in [0.25, 0.3) is 5.91 Å². The Morgan fingerprint density at radius 3 is 2.63 bits per heavy atom. The van der Waals surface area contributed by atoms with Gasteiger partial charge < -0.3 is 9.32 Å². The molecule has 4 rings (SSSR count). The summed E-state index contributed by atoms with van der Waals surface area (Å²) in [6, 6.07) is 12.7. The molecule has 2 heterocycles. The molecule has 6 heteroatoms. The Balaban J connectivity index is 1.45. The van der Waals surface area contributed by atoms with Crippen LogP contribution in [-0.2, 0) is 6.54 Å². The fourth-order valence-electron chi connectivity index (χ4n) is 3.60. The number of rotatable bonds is 3. The highest BCUT2D eigenvalue weighted by Crippen LogP contribution is 2.24. The summed E-state index contributed by atoms with van der Waals surface area (Å²) in [4.78, 5) is 16.8. The Labute approximate surface area is 156 Å². The van der Waals surface area contributed by atoms with Gasteiger partial charge in [-0.25, -0.2) is 8.78 Å². The number of amides is 1. The third-order valence-electron chi connectivity index (χ3n) is 5.00. The minimum Gasteiger partial charge on any atom is -0.448 e. The lowest BCUT2D eigenvalue weighted by molar-refractivity contribution is 0.0448. The Kier molecular flexibility index (Phi) is 4.66. The first-order valence-corrected chi connectivity index (χ1v) is 8.97. The number of fused-ring (bicyclic) bond motifs is 1. The topological polar surface area (TPSA) is 36.7 Å². The molecule has 1 aliphatic heterocycles. The first-order valence-electron chi connectivity index (χ1n) is 8.97. The summed E-state index contributed by atoms with van der Waals surface area (Å²) in [7, 11) is 0. The molecule has 2 aromatic carbocycles. The molecule has 1 fully saturated rings. The van der Waals surface area contributed by atoms with E-state index in [2.05, 4.69) is 4.90 Å². The molecular weight excluding hydrogens is 350 g/mol. The zero-order valence-corrected chi connectivity index (χ0v) is 15.0. The first-order chi connectivity index (χ1) is 13.0. The summed E-state index contributed by atoms with van der Waals surface area (Å²) >= 11 is 0. The van der Waals surface area contributed by atoms with E-state index in [9.17, 15) is 13.6 Å². The molecule has 1 atom stereocenters. The van der Waals surface area contributed by atoms with Crippen LogP contribution in [0.15, 0.2) is 52.9 Å². The van der Waals surface area contributed by atoms with E-state index in [-0.39, 0.29) is 29.1 Å². The van der Waals surface area contributed by atoms with Crippen LogP contribution in [0.5, 0.6) is 0 Å². The summed E-state index contributed by atoms with van der Waals surface area (Å²) in [5.41, 5.74) is 1.15. The Morgan fingerprint density at radius 1 is 1.15 bits per heavy atom. The van der Waals surface area contributed by atoms with Crippen LogP contribution in [-0.4, -0.2) is 41.4 Å². The summed E-state index contributed by atoms with van der Waals surface area (Å²) in [5, 5.41) is 0.584. The zero-order valence-electron chi connectivity index (χ0n) is 15.0. The van der Waals surface area contributed by atoms with Gasteiger partial charge in [-0.15, -0.1) is 0 Å². The number of halogens is 2. The number of nitrogens with zero attached hydrogens (tertiary/aromatic N) is 2. The third-order valence-corrected chi connectivity index (χ3v) is 5.00. The van der Waals surface area contributed by atoms with Crippen LogP contribution in [0, 0.1) is 11.6 Å². The van der Waals surface area contributed by atoms with Crippen molar-refractivity contribution in [1.82, 2.24) is 9.80 Å². The Hall–Kier alpha value is -2.73. The monoisotopic (exact) mass is 370 g/mol. The standard InChI is InChI=1S/C21H20F2N2O2/c1-14-12-24(13-15-5-7-17(22)8-6-15)9-10-25(14)21(26)19-11-16-3-2-4-18(23)20(16)27-19/h2-8,11,14H,9-10,12-13H2,1H3. The normalized spacial score (nSPS) is 18.2. The maximum atomic E-state index is 13.8. The van der Waals surface area contributed by atoms with Gasteiger partial charge in [0.2, 0.25) is 0 Å². The lowest BCUT2D eigenvalue weighted by atomic mass is 10.1. The van der Waals surface area contributed by atoms with Crippen molar-refractivity contribution in [2.45, 2.75) is 19.5 Å². The molecule has 0 radical (unpaired) electrons. The van der Waals surface area contributed by atoms with E-state index in [1.807, 2.05) is 6.92 Å². The van der Waals surface area contributed by atoms with Crippen molar-refractivity contribution in [2.24, 2.45) is 0 Å². The number of piperazine rings is 1. The smallest absolute Gasteiger partial charge is 0.289 e. The van der Waals surface area contributed by atoms with Crippen LogP contribution >= 0.6 is 0 Å². The summed E-state index contributed by atoms with van der Waals surface area (Å²) in [5.74, 6) is -0.776. The number of hydrogen-bond donors (Lipinski definition) is 0. The second kappa shape index (κ2) is 7.12. The molecule has 0 N–H and O–H groups in total. The molecule has 1 saturated heterocycles. The first kappa shape index (κ1) is 17.7. The number of para-hydroxylation sites is 1. The van der Waals surface area contributed by atoms with Gasteiger partial charge in [0.15, 0.2) is 17.2 Å².